The first-order valence-electron chi connectivity index (χ1n) is 8.45. The van der Waals surface area contributed by atoms with Crippen LogP contribution in [0.1, 0.15) is 27.7 Å². The Balaban J connectivity index is 2.40. The second kappa shape index (κ2) is 9.36. The molecule has 8 heteroatoms. The van der Waals surface area contributed by atoms with Crippen molar-refractivity contribution in [2.75, 3.05) is 50.8 Å². The minimum Gasteiger partial charge on any atom is -0.455 e. The van der Waals surface area contributed by atoms with E-state index < -0.39 is 15.8 Å². The Bertz CT molecular complexity index is 507. The number of ether oxygens (including phenoxy) is 1. The number of sulfone groups is 1. The van der Waals surface area contributed by atoms with E-state index in [9.17, 15) is 18.0 Å². The maximum Gasteiger partial charge on any atom is 0.320 e. The summed E-state index contributed by atoms with van der Waals surface area (Å²) in [5.41, 5.74) is 0. The summed E-state index contributed by atoms with van der Waals surface area (Å²) in [4.78, 5) is 27.6. The molecule has 0 unspecified atom stereocenters. The van der Waals surface area contributed by atoms with Crippen LogP contribution in [0.15, 0.2) is 0 Å². The Labute approximate surface area is 145 Å². The number of hydrogen-bond acceptors (Lipinski definition) is 6. The van der Waals surface area contributed by atoms with Gasteiger partial charge in [0.2, 0.25) is 0 Å². The average Bonchev–Trinajstić information content (AvgIpc) is 2.45. The molecule has 1 fully saturated rings. The first-order chi connectivity index (χ1) is 11.1. The third-order valence-corrected chi connectivity index (χ3v) is 5.28. The highest BCUT2D eigenvalue weighted by Gasteiger charge is 2.24. The van der Waals surface area contributed by atoms with Gasteiger partial charge in [-0.3, -0.25) is 14.5 Å². The molecule has 0 bridgehead atoms. The van der Waals surface area contributed by atoms with E-state index in [0.717, 1.165) is 0 Å². The lowest BCUT2D eigenvalue weighted by molar-refractivity contribution is -0.153. The summed E-state index contributed by atoms with van der Waals surface area (Å²) >= 11 is 0. The molecular formula is C16H30N2O5S. The Kier molecular flexibility index (Phi) is 8.15. The number of esters is 1. The topological polar surface area (TPSA) is 84.0 Å². The van der Waals surface area contributed by atoms with Crippen molar-refractivity contribution in [1.82, 2.24) is 9.80 Å². The molecule has 24 heavy (non-hydrogen) atoms. The first-order valence-corrected chi connectivity index (χ1v) is 10.3. The van der Waals surface area contributed by atoms with E-state index in [1.165, 1.54) is 0 Å². The minimum atomic E-state index is -2.97. The Morgan fingerprint density at radius 2 is 1.54 bits per heavy atom. The molecule has 0 radical (unpaired) electrons. The molecule has 7 nitrogen and oxygen atoms in total. The van der Waals surface area contributed by atoms with E-state index in [4.69, 9.17) is 4.74 Å². The van der Waals surface area contributed by atoms with Crippen LogP contribution in [0.2, 0.25) is 0 Å². The van der Waals surface area contributed by atoms with Crippen molar-refractivity contribution in [2.45, 2.75) is 27.7 Å². The number of rotatable bonds is 8. The van der Waals surface area contributed by atoms with E-state index in [1.807, 2.05) is 27.7 Å². The fourth-order valence-corrected chi connectivity index (χ4v) is 3.81. The molecule has 1 aliphatic rings. The number of amides is 1. The summed E-state index contributed by atoms with van der Waals surface area (Å²) in [7, 11) is -2.97. The molecule has 0 N–H and O–H groups in total. The highest BCUT2D eigenvalue weighted by Crippen LogP contribution is 2.06. The number of carbonyl (C=O) groups excluding carboxylic acids is 2. The normalized spacial score (nSPS) is 17.9. The maximum atomic E-state index is 12.3. The molecule has 1 rings (SSSR count). The van der Waals surface area contributed by atoms with Crippen molar-refractivity contribution in [3.05, 3.63) is 0 Å². The van der Waals surface area contributed by atoms with Crippen molar-refractivity contribution >= 4 is 21.7 Å². The monoisotopic (exact) mass is 362 g/mol. The van der Waals surface area contributed by atoms with E-state index in [1.54, 1.807) is 9.80 Å². The van der Waals surface area contributed by atoms with Crippen molar-refractivity contribution in [3.8, 4) is 0 Å². The minimum absolute atomic E-state index is 0.0250. The molecule has 0 aliphatic carbocycles. The van der Waals surface area contributed by atoms with Crippen LogP contribution in [-0.2, 0) is 24.2 Å². The zero-order valence-electron chi connectivity index (χ0n) is 15.2. The quantitative estimate of drug-likeness (QED) is 0.581. The van der Waals surface area contributed by atoms with Crippen LogP contribution < -0.4 is 0 Å². The molecule has 0 aromatic heterocycles. The van der Waals surface area contributed by atoms with Gasteiger partial charge in [-0.1, -0.05) is 27.7 Å². The highest BCUT2D eigenvalue weighted by molar-refractivity contribution is 7.91. The summed E-state index contributed by atoms with van der Waals surface area (Å²) in [6.07, 6.45) is 0. The molecule has 0 aromatic rings. The van der Waals surface area contributed by atoms with Crippen LogP contribution in [0.25, 0.3) is 0 Å². The van der Waals surface area contributed by atoms with E-state index in [-0.39, 0.29) is 30.6 Å². The van der Waals surface area contributed by atoms with Crippen LogP contribution in [-0.4, -0.2) is 80.9 Å². The standard InChI is InChI=1S/C16H30N2O5S/c1-13(2)9-18(10-14(3)4)15(19)12-23-16(20)11-17-5-7-24(21,22)8-6-17/h13-14H,5-12H2,1-4H3. The Hall–Kier alpha value is -1.15. The molecular weight excluding hydrogens is 332 g/mol. The van der Waals surface area contributed by atoms with Crippen LogP contribution in [0, 0.1) is 11.8 Å². The van der Waals surface area contributed by atoms with Crippen LogP contribution in [0.4, 0.5) is 0 Å². The summed E-state index contributed by atoms with van der Waals surface area (Å²) in [6.45, 7) is 9.86. The Morgan fingerprint density at radius 3 is 2.00 bits per heavy atom. The van der Waals surface area contributed by atoms with Crippen LogP contribution in [0.5, 0.6) is 0 Å². The lowest BCUT2D eigenvalue weighted by atomic mass is 10.1. The van der Waals surface area contributed by atoms with Gasteiger partial charge in [0.25, 0.3) is 5.91 Å². The molecule has 0 spiro atoms. The summed E-state index contributed by atoms with van der Waals surface area (Å²) in [5, 5.41) is 0. The predicted octanol–water partition coefficient (Wildman–Crippen LogP) is 0.401. The molecule has 1 heterocycles. The average molecular weight is 362 g/mol. The summed E-state index contributed by atoms with van der Waals surface area (Å²) in [6, 6.07) is 0. The van der Waals surface area contributed by atoms with Gasteiger partial charge in [-0.2, -0.15) is 0 Å². The van der Waals surface area contributed by atoms with Gasteiger partial charge < -0.3 is 9.64 Å². The van der Waals surface area contributed by atoms with Gasteiger partial charge in [0.1, 0.15) is 0 Å². The van der Waals surface area contributed by atoms with Crippen LogP contribution in [0.3, 0.4) is 0 Å². The molecule has 1 amide bonds. The van der Waals surface area contributed by atoms with E-state index in [2.05, 4.69) is 0 Å². The van der Waals surface area contributed by atoms with Gasteiger partial charge in [0.15, 0.2) is 16.4 Å². The molecule has 0 aromatic carbocycles. The number of hydrogen-bond donors (Lipinski definition) is 0. The van der Waals surface area contributed by atoms with Crippen molar-refractivity contribution in [3.63, 3.8) is 0 Å². The zero-order valence-corrected chi connectivity index (χ0v) is 16.0. The fraction of sp³-hybridized carbons (Fsp3) is 0.875. The second-order valence-electron chi connectivity index (χ2n) is 7.18. The fourth-order valence-electron chi connectivity index (χ4n) is 2.53. The van der Waals surface area contributed by atoms with E-state index in [0.29, 0.717) is 38.0 Å². The largest absolute Gasteiger partial charge is 0.455 e. The van der Waals surface area contributed by atoms with Gasteiger partial charge in [0, 0.05) is 26.2 Å². The first kappa shape index (κ1) is 20.9. The molecule has 1 aliphatic heterocycles. The van der Waals surface area contributed by atoms with Gasteiger partial charge in [0.05, 0.1) is 18.1 Å². The molecule has 0 atom stereocenters. The van der Waals surface area contributed by atoms with Crippen molar-refractivity contribution < 1.29 is 22.7 Å². The van der Waals surface area contributed by atoms with Gasteiger partial charge >= 0.3 is 5.97 Å². The van der Waals surface area contributed by atoms with Crippen LogP contribution >= 0.6 is 0 Å². The van der Waals surface area contributed by atoms with Crippen molar-refractivity contribution in [1.29, 1.82) is 0 Å². The Morgan fingerprint density at radius 1 is 1.04 bits per heavy atom. The molecule has 1 saturated heterocycles. The summed E-state index contributed by atoms with van der Waals surface area (Å²) in [5.74, 6) is 0.145. The zero-order chi connectivity index (χ0) is 18.3. The lowest BCUT2D eigenvalue weighted by Crippen LogP contribution is -2.44. The summed E-state index contributed by atoms with van der Waals surface area (Å²) < 4.78 is 27.8. The molecule has 140 valence electrons. The number of carbonyl (C=O) groups is 2. The predicted molar refractivity (Wildman–Crippen MR) is 92.3 cm³/mol. The third-order valence-electron chi connectivity index (χ3n) is 3.67. The van der Waals surface area contributed by atoms with Gasteiger partial charge in [-0.15, -0.1) is 0 Å². The molecule has 0 saturated carbocycles. The smallest absolute Gasteiger partial charge is 0.320 e. The van der Waals surface area contributed by atoms with Crippen molar-refractivity contribution in [2.24, 2.45) is 11.8 Å². The lowest BCUT2D eigenvalue weighted by Gasteiger charge is -2.27. The SMILES string of the molecule is CC(C)CN(CC(C)C)C(=O)COC(=O)CN1CCS(=O)(=O)CC1. The maximum absolute atomic E-state index is 12.3. The van der Waals surface area contributed by atoms with E-state index >= 15 is 0 Å². The number of nitrogens with zero attached hydrogens (tertiary/aromatic N) is 2. The van der Waals surface area contributed by atoms with Gasteiger partial charge in [-0.05, 0) is 11.8 Å². The third kappa shape index (κ3) is 8.10. The highest BCUT2D eigenvalue weighted by atomic mass is 32.2. The second-order valence-corrected chi connectivity index (χ2v) is 9.48. The van der Waals surface area contributed by atoms with Gasteiger partial charge in [-0.25, -0.2) is 8.42 Å².